The van der Waals surface area contributed by atoms with Crippen LogP contribution >= 0.6 is 11.6 Å². The maximum atomic E-state index is 13.7. The number of carbonyl (C=O) groups excluding carboxylic acids is 3. The molecule has 10 heteroatoms. The fourth-order valence-corrected chi connectivity index (χ4v) is 5.68. The van der Waals surface area contributed by atoms with Crippen LogP contribution in [0.1, 0.15) is 53.3 Å². The summed E-state index contributed by atoms with van der Waals surface area (Å²) in [6.45, 7) is -1.00. The molecule has 1 aliphatic rings. The quantitative estimate of drug-likeness (QED) is 0.0907. The molecule has 5 aromatic carbocycles. The number of carboxylic acids is 1. The molecule has 9 nitrogen and oxygen atoms in total. The standard InChI is InChI=1S/C38H28ClNO8/c39-32-19-30(34(41)23-10-3-1-4-11-23)31(20-33(32)48-38(40,37(44)45)22-47-35(42)24-12-5-2-6-13-24)36(43)46-21-26-15-9-17-28-27-16-8-7-14-25(27)18-29(26)28/h1-17,19-20H,18,21-22,40H2,(H,44,45). The lowest BCUT2D eigenvalue weighted by atomic mass is 9.97. The first-order chi connectivity index (χ1) is 23.1. The minimum Gasteiger partial charge on any atom is -0.477 e. The fraction of sp³-hybridized carbons (Fsp3) is 0.105. The lowest BCUT2D eigenvalue weighted by Crippen LogP contribution is -2.57. The van der Waals surface area contributed by atoms with E-state index in [9.17, 15) is 24.3 Å². The number of carbonyl (C=O) groups is 4. The number of rotatable bonds is 11. The number of aliphatic carboxylic acids is 1. The van der Waals surface area contributed by atoms with Crippen molar-refractivity contribution in [1.82, 2.24) is 0 Å². The molecule has 3 N–H and O–H groups in total. The van der Waals surface area contributed by atoms with Crippen molar-refractivity contribution in [3.8, 4) is 16.9 Å². The van der Waals surface area contributed by atoms with Gasteiger partial charge in [0.05, 0.1) is 16.1 Å². The molecule has 240 valence electrons. The van der Waals surface area contributed by atoms with E-state index in [2.05, 4.69) is 6.07 Å². The molecule has 1 atom stereocenters. The molecule has 0 bridgehead atoms. The highest BCUT2D eigenvalue weighted by Crippen LogP contribution is 2.38. The van der Waals surface area contributed by atoms with Crippen molar-refractivity contribution in [2.75, 3.05) is 6.61 Å². The predicted molar refractivity (Wildman–Crippen MR) is 177 cm³/mol. The number of nitrogens with two attached hydrogens (primary N) is 1. The van der Waals surface area contributed by atoms with Gasteiger partial charge in [-0.15, -0.1) is 0 Å². The van der Waals surface area contributed by atoms with Crippen LogP contribution in [0.4, 0.5) is 0 Å². The zero-order chi connectivity index (χ0) is 33.8. The second-order valence-corrected chi connectivity index (χ2v) is 11.5. The van der Waals surface area contributed by atoms with Crippen LogP contribution in [0.2, 0.25) is 5.02 Å². The van der Waals surface area contributed by atoms with Gasteiger partial charge in [0.2, 0.25) is 0 Å². The number of ether oxygens (including phenoxy) is 3. The van der Waals surface area contributed by atoms with Gasteiger partial charge >= 0.3 is 17.9 Å². The summed E-state index contributed by atoms with van der Waals surface area (Å²) in [4.78, 5) is 52.1. The summed E-state index contributed by atoms with van der Waals surface area (Å²) in [5, 5.41) is 9.75. The molecule has 1 unspecified atom stereocenters. The summed E-state index contributed by atoms with van der Waals surface area (Å²) in [6.07, 6.45) is 0.679. The zero-order valence-electron chi connectivity index (χ0n) is 25.4. The van der Waals surface area contributed by atoms with Gasteiger partial charge in [-0.1, -0.05) is 103 Å². The number of ketones is 1. The van der Waals surface area contributed by atoms with Crippen LogP contribution in [-0.4, -0.2) is 41.1 Å². The van der Waals surface area contributed by atoms with Crippen LogP contribution in [0, 0.1) is 0 Å². The van der Waals surface area contributed by atoms with Crippen LogP contribution in [0.3, 0.4) is 0 Å². The molecule has 0 fully saturated rings. The molecule has 0 spiro atoms. The lowest BCUT2D eigenvalue weighted by Gasteiger charge is -2.26. The lowest BCUT2D eigenvalue weighted by molar-refractivity contribution is -0.158. The highest BCUT2D eigenvalue weighted by Gasteiger charge is 2.40. The Kier molecular flexibility index (Phi) is 9.07. The van der Waals surface area contributed by atoms with E-state index in [-0.39, 0.29) is 39.6 Å². The summed E-state index contributed by atoms with van der Waals surface area (Å²) >= 11 is 6.50. The molecule has 0 heterocycles. The maximum Gasteiger partial charge on any atom is 0.367 e. The highest BCUT2D eigenvalue weighted by molar-refractivity contribution is 6.33. The van der Waals surface area contributed by atoms with Gasteiger partial charge in [-0.3, -0.25) is 10.5 Å². The minimum atomic E-state index is -2.61. The molecule has 0 aliphatic heterocycles. The van der Waals surface area contributed by atoms with Gasteiger partial charge in [0.15, 0.2) is 12.4 Å². The van der Waals surface area contributed by atoms with Crippen LogP contribution in [0.15, 0.2) is 115 Å². The van der Waals surface area contributed by atoms with Crippen molar-refractivity contribution in [1.29, 1.82) is 0 Å². The van der Waals surface area contributed by atoms with Crippen LogP contribution < -0.4 is 10.5 Å². The number of hydrogen-bond donors (Lipinski definition) is 2. The van der Waals surface area contributed by atoms with Crippen molar-refractivity contribution < 1.29 is 38.5 Å². The Bertz CT molecular complexity index is 2050. The molecule has 1 aliphatic carbocycles. The molecule has 0 aromatic heterocycles. The van der Waals surface area contributed by atoms with Crippen molar-refractivity contribution in [2.45, 2.75) is 18.8 Å². The normalized spacial score (nSPS) is 12.6. The first-order valence-corrected chi connectivity index (χ1v) is 15.3. The molecule has 0 radical (unpaired) electrons. The Labute approximate surface area is 280 Å². The van der Waals surface area contributed by atoms with Gasteiger partial charge in [0.25, 0.3) is 5.72 Å². The molecular formula is C38H28ClNO8. The first kappa shape index (κ1) is 32.2. The van der Waals surface area contributed by atoms with E-state index in [1.807, 2.05) is 36.4 Å². The van der Waals surface area contributed by atoms with Gasteiger partial charge in [-0.2, -0.15) is 0 Å². The molecule has 5 aromatic rings. The SMILES string of the molecule is NC(COC(=O)c1ccccc1)(Oc1cc(C(=O)OCc2cccc3c2Cc2ccccc2-3)c(C(=O)c2ccccc2)cc1Cl)C(=O)O. The average Bonchev–Trinajstić information content (AvgIpc) is 3.50. The van der Waals surface area contributed by atoms with Gasteiger partial charge in [-0.05, 0) is 58.5 Å². The molecule has 0 amide bonds. The van der Waals surface area contributed by atoms with E-state index < -0.39 is 36.0 Å². The van der Waals surface area contributed by atoms with Crippen molar-refractivity contribution >= 4 is 35.3 Å². The molecule has 0 saturated heterocycles. The molecule has 6 rings (SSSR count). The molecule has 48 heavy (non-hydrogen) atoms. The van der Waals surface area contributed by atoms with Crippen molar-refractivity contribution in [3.05, 3.63) is 159 Å². The third-order valence-electron chi connectivity index (χ3n) is 7.96. The topological polar surface area (TPSA) is 142 Å². The average molecular weight is 662 g/mol. The minimum absolute atomic E-state index is 0.0947. The molecule has 0 saturated carbocycles. The zero-order valence-corrected chi connectivity index (χ0v) is 26.1. The summed E-state index contributed by atoms with van der Waals surface area (Å²) < 4.78 is 16.5. The summed E-state index contributed by atoms with van der Waals surface area (Å²) in [6, 6.07) is 32.3. The Morgan fingerprint density at radius 3 is 2.08 bits per heavy atom. The Morgan fingerprint density at radius 1 is 0.729 bits per heavy atom. The number of benzene rings is 5. The monoisotopic (exact) mass is 661 g/mol. The van der Waals surface area contributed by atoms with E-state index in [0.29, 0.717) is 6.42 Å². The summed E-state index contributed by atoms with van der Waals surface area (Å²) in [5.41, 5.74) is 8.76. The van der Waals surface area contributed by atoms with Crippen LogP contribution in [0.5, 0.6) is 5.75 Å². The van der Waals surface area contributed by atoms with Crippen molar-refractivity contribution in [2.24, 2.45) is 5.73 Å². The summed E-state index contributed by atoms with van der Waals surface area (Å²) in [5.74, 6) is -4.25. The number of carboxylic acid groups (broad SMARTS) is 1. The second kappa shape index (κ2) is 13.5. The van der Waals surface area contributed by atoms with Crippen molar-refractivity contribution in [3.63, 3.8) is 0 Å². The highest BCUT2D eigenvalue weighted by atomic mass is 35.5. The van der Waals surface area contributed by atoms with Gasteiger partial charge in [0, 0.05) is 11.1 Å². The number of fused-ring (bicyclic) bond motifs is 3. The van der Waals surface area contributed by atoms with E-state index in [4.69, 9.17) is 31.5 Å². The third kappa shape index (κ3) is 6.55. The maximum absolute atomic E-state index is 13.7. The Hall–Kier alpha value is -5.77. The summed E-state index contributed by atoms with van der Waals surface area (Å²) in [7, 11) is 0. The number of halogens is 1. The number of hydrogen-bond acceptors (Lipinski definition) is 8. The van der Waals surface area contributed by atoms with Gasteiger partial charge in [0.1, 0.15) is 12.4 Å². The molecular weight excluding hydrogens is 634 g/mol. The van der Waals surface area contributed by atoms with Crippen LogP contribution in [-0.2, 0) is 27.3 Å². The fourth-order valence-electron chi connectivity index (χ4n) is 5.47. The Morgan fingerprint density at radius 2 is 1.38 bits per heavy atom. The number of esters is 2. The van der Waals surface area contributed by atoms with E-state index in [0.717, 1.165) is 28.3 Å². The van der Waals surface area contributed by atoms with Gasteiger partial charge < -0.3 is 19.3 Å². The van der Waals surface area contributed by atoms with Gasteiger partial charge in [-0.25, -0.2) is 14.4 Å². The van der Waals surface area contributed by atoms with E-state index in [1.54, 1.807) is 48.5 Å². The first-order valence-electron chi connectivity index (χ1n) is 14.9. The smallest absolute Gasteiger partial charge is 0.367 e. The van der Waals surface area contributed by atoms with E-state index >= 15 is 0 Å². The second-order valence-electron chi connectivity index (χ2n) is 11.1. The van der Waals surface area contributed by atoms with E-state index in [1.165, 1.54) is 23.8 Å². The predicted octanol–water partition coefficient (Wildman–Crippen LogP) is 6.47. The third-order valence-corrected chi connectivity index (χ3v) is 8.26. The Balaban J connectivity index is 1.30. The largest absolute Gasteiger partial charge is 0.477 e. The van der Waals surface area contributed by atoms with Crippen LogP contribution in [0.25, 0.3) is 11.1 Å².